The molecule has 0 unspecified atom stereocenters. The van der Waals surface area contributed by atoms with Gasteiger partial charge in [-0.3, -0.25) is 10.1 Å². The average Bonchev–Trinajstić information content (AvgIpc) is 3.44. The smallest absolute Gasteiger partial charge is 0.216 e. The first-order valence-electron chi connectivity index (χ1n) is 9.64. The number of guanidine groups is 1. The van der Waals surface area contributed by atoms with E-state index in [-0.39, 0.29) is 29.8 Å². The second-order valence-electron chi connectivity index (χ2n) is 6.76. The summed E-state index contributed by atoms with van der Waals surface area (Å²) in [5.74, 6) is 2.66. The van der Waals surface area contributed by atoms with Gasteiger partial charge in [-0.2, -0.15) is 5.10 Å². The van der Waals surface area contributed by atoms with Gasteiger partial charge in [-0.1, -0.05) is 0 Å². The van der Waals surface area contributed by atoms with Crippen molar-refractivity contribution >= 4 is 35.6 Å². The third kappa shape index (κ3) is 5.29. The summed E-state index contributed by atoms with van der Waals surface area (Å²) in [6.07, 6.45) is 2.30. The number of aromatic amines is 1. The van der Waals surface area contributed by atoms with E-state index in [9.17, 15) is 4.39 Å². The van der Waals surface area contributed by atoms with Gasteiger partial charge in [-0.15, -0.1) is 24.0 Å². The Morgan fingerprint density at radius 2 is 1.97 bits per heavy atom. The fraction of sp³-hybridized carbons (Fsp3) is 0.350. The Morgan fingerprint density at radius 1 is 1.20 bits per heavy atom. The zero-order chi connectivity index (χ0) is 20.1. The third-order valence-electron chi connectivity index (χ3n) is 4.90. The van der Waals surface area contributed by atoms with E-state index in [1.165, 1.54) is 12.1 Å². The van der Waals surface area contributed by atoms with Crippen molar-refractivity contribution in [3.05, 3.63) is 54.3 Å². The standard InChI is InChI=1S/C20H24FN7O.HI/c1-22-20(23-9-8-18-24-19(26-25-18)17-3-2-14-29-17)28-12-10-27(11-13-28)16-6-4-15(21)5-7-16;/h2-7,14H,8-13H2,1H3,(H,22,23)(H,24,25,26);1H. The molecule has 1 fully saturated rings. The average molecular weight is 525 g/mol. The molecule has 0 spiro atoms. The van der Waals surface area contributed by atoms with Crippen LogP contribution in [0.1, 0.15) is 5.82 Å². The van der Waals surface area contributed by atoms with E-state index < -0.39 is 0 Å². The number of piperazine rings is 1. The lowest BCUT2D eigenvalue weighted by molar-refractivity contribution is 0.373. The first kappa shape index (κ1) is 22.1. The molecule has 0 saturated carbocycles. The maximum Gasteiger partial charge on any atom is 0.216 e. The number of furan rings is 1. The zero-order valence-corrected chi connectivity index (χ0v) is 19.0. The van der Waals surface area contributed by atoms with Crippen molar-refractivity contribution in [2.24, 2.45) is 4.99 Å². The number of H-pyrrole nitrogens is 1. The van der Waals surface area contributed by atoms with Crippen LogP contribution in [0.2, 0.25) is 0 Å². The molecule has 10 heteroatoms. The van der Waals surface area contributed by atoms with Crippen LogP contribution in [0.25, 0.3) is 11.6 Å². The molecular weight excluding hydrogens is 500 g/mol. The van der Waals surface area contributed by atoms with Gasteiger partial charge in [0.2, 0.25) is 5.82 Å². The Balaban J connectivity index is 0.00000256. The van der Waals surface area contributed by atoms with Crippen LogP contribution in [0.3, 0.4) is 0 Å². The summed E-state index contributed by atoms with van der Waals surface area (Å²) in [4.78, 5) is 13.3. The highest BCUT2D eigenvalue weighted by atomic mass is 127. The Bertz CT molecular complexity index is 934. The Labute approximate surface area is 191 Å². The predicted molar refractivity (Wildman–Crippen MR) is 125 cm³/mol. The molecule has 160 valence electrons. The van der Waals surface area contributed by atoms with Gasteiger partial charge in [-0.05, 0) is 36.4 Å². The molecule has 30 heavy (non-hydrogen) atoms. The highest BCUT2D eigenvalue weighted by Crippen LogP contribution is 2.17. The minimum atomic E-state index is -0.208. The summed E-state index contributed by atoms with van der Waals surface area (Å²) in [7, 11) is 1.79. The molecule has 1 aromatic carbocycles. The molecule has 0 amide bonds. The molecule has 1 aliphatic rings. The number of aromatic nitrogens is 3. The number of hydrogen-bond donors (Lipinski definition) is 2. The number of benzene rings is 1. The number of rotatable bonds is 5. The molecule has 3 heterocycles. The quantitative estimate of drug-likeness (QED) is 0.303. The van der Waals surface area contributed by atoms with Crippen molar-refractivity contribution in [1.29, 1.82) is 0 Å². The van der Waals surface area contributed by atoms with Crippen LogP contribution >= 0.6 is 24.0 Å². The number of anilines is 1. The van der Waals surface area contributed by atoms with Crippen LogP contribution in [0.4, 0.5) is 10.1 Å². The van der Waals surface area contributed by atoms with Crippen LogP contribution in [0.5, 0.6) is 0 Å². The molecule has 0 atom stereocenters. The van der Waals surface area contributed by atoms with Crippen LogP contribution in [-0.2, 0) is 6.42 Å². The van der Waals surface area contributed by atoms with E-state index in [1.807, 2.05) is 24.3 Å². The Hall–Kier alpha value is -2.63. The SMILES string of the molecule is CN=C(NCCc1nc(-c2ccco2)n[nH]1)N1CCN(c2ccc(F)cc2)CC1.I. The van der Waals surface area contributed by atoms with Crippen molar-refractivity contribution in [3.8, 4) is 11.6 Å². The van der Waals surface area contributed by atoms with Crippen LogP contribution < -0.4 is 10.2 Å². The summed E-state index contributed by atoms with van der Waals surface area (Å²) >= 11 is 0. The predicted octanol–water partition coefficient (Wildman–Crippen LogP) is 2.76. The van der Waals surface area contributed by atoms with E-state index >= 15 is 0 Å². The molecule has 4 rings (SSSR count). The molecule has 3 aromatic rings. The van der Waals surface area contributed by atoms with Crippen molar-refractivity contribution in [2.75, 3.05) is 44.7 Å². The van der Waals surface area contributed by atoms with E-state index in [4.69, 9.17) is 4.42 Å². The third-order valence-corrected chi connectivity index (χ3v) is 4.90. The van der Waals surface area contributed by atoms with Gasteiger partial charge in [0, 0.05) is 51.9 Å². The van der Waals surface area contributed by atoms with Crippen LogP contribution in [-0.4, -0.2) is 65.8 Å². The summed E-state index contributed by atoms with van der Waals surface area (Å²) in [5.41, 5.74) is 1.05. The zero-order valence-electron chi connectivity index (χ0n) is 16.7. The second kappa shape index (κ2) is 10.4. The van der Waals surface area contributed by atoms with Gasteiger partial charge in [0.25, 0.3) is 0 Å². The fourth-order valence-electron chi connectivity index (χ4n) is 3.38. The second-order valence-corrected chi connectivity index (χ2v) is 6.76. The fourth-order valence-corrected chi connectivity index (χ4v) is 3.38. The first-order valence-corrected chi connectivity index (χ1v) is 9.64. The summed E-state index contributed by atoms with van der Waals surface area (Å²) in [6, 6.07) is 10.3. The number of nitrogens with zero attached hydrogens (tertiary/aromatic N) is 5. The van der Waals surface area contributed by atoms with Gasteiger partial charge in [0.15, 0.2) is 11.7 Å². The largest absolute Gasteiger partial charge is 0.461 e. The van der Waals surface area contributed by atoms with Gasteiger partial charge in [-0.25, -0.2) is 9.37 Å². The minimum absolute atomic E-state index is 0. The number of hydrogen-bond acceptors (Lipinski definition) is 5. The van der Waals surface area contributed by atoms with Crippen molar-refractivity contribution < 1.29 is 8.81 Å². The molecule has 8 nitrogen and oxygen atoms in total. The first-order chi connectivity index (χ1) is 14.2. The lowest BCUT2D eigenvalue weighted by Gasteiger charge is -2.37. The van der Waals surface area contributed by atoms with Gasteiger partial charge in [0.1, 0.15) is 11.6 Å². The maximum absolute atomic E-state index is 13.1. The number of aliphatic imine (C=N–C) groups is 1. The molecule has 0 bridgehead atoms. The van der Waals surface area contributed by atoms with Crippen LogP contribution in [0, 0.1) is 5.82 Å². The lowest BCUT2D eigenvalue weighted by atomic mass is 10.2. The molecule has 2 aromatic heterocycles. The maximum atomic E-state index is 13.1. The summed E-state index contributed by atoms with van der Waals surface area (Å²) in [6.45, 7) is 4.11. The Morgan fingerprint density at radius 3 is 2.63 bits per heavy atom. The van der Waals surface area contributed by atoms with E-state index in [0.29, 0.717) is 24.6 Å². The molecule has 1 saturated heterocycles. The van der Waals surface area contributed by atoms with E-state index in [1.54, 1.807) is 13.3 Å². The number of halogens is 2. The minimum Gasteiger partial charge on any atom is -0.461 e. The molecular formula is C20H25FIN7O. The van der Waals surface area contributed by atoms with Crippen molar-refractivity contribution in [2.45, 2.75) is 6.42 Å². The lowest BCUT2D eigenvalue weighted by Crippen LogP contribution is -2.52. The van der Waals surface area contributed by atoms with Gasteiger partial charge < -0.3 is 19.5 Å². The highest BCUT2D eigenvalue weighted by Gasteiger charge is 2.20. The van der Waals surface area contributed by atoms with E-state index in [0.717, 1.165) is 43.7 Å². The highest BCUT2D eigenvalue weighted by molar-refractivity contribution is 14.0. The van der Waals surface area contributed by atoms with Crippen molar-refractivity contribution in [1.82, 2.24) is 25.4 Å². The molecule has 1 aliphatic heterocycles. The number of nitrogens with one attached hydrogen (secondary N) is 2. The van der Waals surface area contributed by atoms with Crippen LogP contribution in [0.15, 0.2) is 52.1 Å². The Kier molecular flexibility index (Phi) is 7.66. The summed E-state index contributed by atoms with van der Waals surface area (Å²) in [5, 5.41) is 10.5. The molecule has 0 aliphatic carbocycles. The summed E-state index contributed by atoms with van der Waals surface area (Å²) < 4.78 is 18.4. The van der Waals surface area contributed by atoms with Gasteiger partial charge in [0.05, 0.1) is 6.26 Å². The molecule has 0 radical (unpaired) electrons. The normalized spacial score (nSPS) is 14.5. The van der Waals surface area contributed by atoms with Crippen molar-refractivity contribution in [3.63, 3.8) is 0 Å². The topological polar surface area (TPSA) is 85.6 Å². The monoisotopic (exact) mass is 525 g/mol. The molecule has 2 N–H and O–H groups in total. The van der Waals surface area contributed by atoms with Gasteiger partial charge >= 0.3 is 0 Å². The van der Waals surface area contributed by atoms with E-state index in [2.05, 4.69) is 35.3 Å².